The number of aryl methyl sites for hydroxylation is 3. The van der Waals surface area contributed by atoms with Crippen LogP contribution in [0.15, 0.2) is 22.7 Å². The predicted molar refractivity (Wildman–Crippen MR) is 82.8 cm³/mol. The van der Waals surface area contributed by atoms with Gasteiger partial charge in [-0.3, -0.25) is 4.68 Å². The third-order valence-corrected chi connectivity index (χ3v) is 4.22. The number of aromatic carboxylic acids is 1. The Kier molecular flexibility index (Phi) is 4.67. The molecule has 0 spiro atoms. The summed E-state index contributed by atoms with van der Waals surface area (Å²) in [4.78, 5) is 11.0. The number of carbonyl (C=O) groups is 1. The van der Waals surface area contributed by atoms with Gasteiger partial charge in [-0.05, 0) is 53.0 Å². The molecule has 21 heavy (non-hydrogen) atoms. The minimum atomic E-state index is -0.930. The lowest BCUT2D eigenvalue weighted by Gasteiger charge is -2.09. The van der Waals surface area contributed by atoms with E-state index in [0.29, 0.717) is 17.9 Å². The van der Waals surface area contributed by atoms with Crippen molar-refractivity contribution in [1.82, 2.24) is 9.78 Å². The third kappa shape index (κ3) is 3.26. The molecule has 0 aliphatic carbocycles. The maximum atomic E-state index is 11.0. The number of carboxylic acid groups (broad SMARTS) is 1. The van der Waals surface area contributed by atoms with Gasteiger partial charge in [-0.25, -0.2) is 4.79 Å². The van der Waals surface area contributed by atoms with E-state index >= 15 is 0 Å². The highest BCUT2D eigenvalue weighted by Crippen LogP contribution is 2.24. The van der Waals surface area contributed by atoms with Gasteiger partial charge in [0.1, 0.15) is 12.4 Å². The molecule has 112 valence electrons. The SMILES string of the molecule is CCc1nn(C)c(COc2ccc(C(=O)O)c(C)c2)c1Br. The number of aromatic nitrogens is 2. The summed E-state index contributed by atoms with van der Waals surface area (Å²) in [7, 11) is 1.88. The molecule has 1 aromatic heterocycles. The van der Waals surface area contributed by atoms with Gasteiger partial charge in [0.15, 0.2) is 0 Å². The van der Waals surface area contributed by atoms with Crippen molar-refractivity contribution in [2.45, 2.75) is 26.9 Å². The van der Waals surface area contributed by atoms with Gasteiger partial charge in [0.05, 0.1) is 21.4 Å². The predicted octanol–water partition coefficient (Wildman–Crippen LogP) is 3.33. The molecule has 5 nitrogen and oxygen atoms in total. The highest BCUT2D eigenvalue weighted by atomic mass is 79.9. The standard InChI is InChI=1S/C15H17BrN2O3/c1-4-12-14(16)13(18(3)17-12)8-21-10-5-6-11(15(19)20)9(2)7-10/h5-7H,4,8H2,1-3H3,(H,19,20). The van der Waals surface area contributed by atoms with Gasteiger partial charge < -0.3 is 9.84 Å². The van der Waals surface area contributed by atoms with Crippen molar-refractivity contribution in [3.63, 3.8) is 0 Å². The molecule has 6 heteroatoms. The Morgan fingerprint density at radius 1 is 1.48 bits per heavy atom. The van der Waals surface area contributed by atoms with E-state index in [1.54, 1.807) is 29.8 Å². The molecule has 0 aliphatic heterocycles. The van der Waals surface area contributed by atoms with Crippen molar-refractivity contribution in [3.05, 3.63) is 45.2 Å². The van der Waals surface area contributed by atoms with E-state index in [-0.39, 0.29) is 5.56 Å². The Hall–Kier alpha value is -1.82. The molecule has 0 amide bonds. The second-order valence-electron chi connectivity index (χ2n) is 4.76. The van der Waals surface area contributed by atoms with Crippen molar-refractivity contribution in [2.75, 3.05) is 0 Å². The second-order valence-corrected chi connectivity index (χ2v) is 5.55. The van der Waals surface area contributed by atoms with Gasteiger partial charge in [-0.2, -0.15) is 5.10 Å². The van der Waals surface area contributed by atoms with E-state index in [4.69, 9.17) is 9.84 Å². The molecule has 0 bridgehead atoms. The Bertz CT molecular complexity index is 680. The fourth-order valence-corrected chi connectivity index (χ4v) is 2.82. The zero-order chi connectivity index (χ0) is 15.6. The fraction of sp³-hybridized carbons (Fsp3) is 0.333. The summed E-state index contributed by atoms with van der Waals surface area (Å²) in [6, 6.07) is 4.96. The van der Waals surface area contributed by atoms with Crippen LogP contribution in [0.2, 0.25) is 0 Å². The van der Waals surface area contributed by atoms with Gasteiger partial charge in [0.25, 0.3) is 0 Å². The summed E-state index contributed by atoms with van der Waals surface area (Å²) in [5, 5.41) is 13.4. The lowest BCUT2D eigenvalue weighted by molar-refractivity contribution is 0.0696. The maximum Gasteiger partial charge on any atom is 0.335 e. The number of ether oxygens (including phenoxy) is 1. The van der Waals surface area contributed by atoms with E-state index in [1.807, 2.05) is 14.0 Å². The molecule has 0 fully saturated rings. The molecule has 1 aromatic carbocycles. The monoisotopic (exact) mass is 352 g/mol. The van der Waals surface area contributed by atoms with E-state index in [1.165, 1.54) is 0 Å². The number of halogens is 1. The molecule has 0 radical (unpaired) electrons. The lowest BCUT2D eigenvalue weighted by Crippen LogP contribution is -2.05. The minimum Gasteiger partial charge on any atom is -0.487 e. The van der Waals surface area contributed by atoms with E-state index in [0.717, 1.165) is 22.3 Å². The zero-order valence-electron chi connectivity index (χ0n) is 12.2. The maximum absolute atomic E-state index is 11.0. The summed E-state index contributed by atoms with van der Waals surface area (Å²) >= 11 is 3.54. The van der Waals surface area contributed by atoms with Gasteiger partial charge in [0.2, 0.25) is 0 Å². The molecule has 0 aliphatic rings. The number of hydrogen-bond donors (Lipinski definition) is 1. The number of hydrogen-bond acceptors (Lipinski definition) is 3. The molecular formula is C15H17BrN2O3. The molecule has 0 atom stereocenters. The number of nitrogens with zero attached hydrogens (tertiary/aromatic N) is 2. The molecule has 2 rings (SSSR count). The summed E-state index contributed by atoms with van der Waals surface area (Å²) in [6.07, 6.45) is 0.848. The van der Waals surface area contributed by atoms with Gasteiger partial charge in [-0.1, -0.05) is 6.92 Å². The fourth-order valence-electron chi connectivity index (χ4n) is 2.09. The molecule has 2 aromatic rings. The first-order chi connectivity index (χ1) is 9.93. The molecule has 1 N–H and O–H groups in total. The summed E-state index contributed by atoms with van der Waals surface area (Å²) in [5.41, 5.74) is 2.91. The smallest absolute Gasteiger partial charge is 0.335 e. The average molecular weight is 353 g/mol. The molecule has 0 saturated heterocycles. The van der Waals surface area contributed by atoms with Crippen LogP contribution in [0.4, 0.5) is 0 Å². The first-order valence-corrected chi connectivity index (χ1v) is 7.40. The van der Waals surface area contributed by atoms with Crippen molar-refractivity contribution in [2.24, 2.45) is 7.05 Å². The van der Waals surface area contributed by atoms with Crippen LogP contribution in [-0.2, 0) is 20.1 Å². The number of carboxylic acids is 1. The number of rotatable bonds is 5. The van der Waals surface area contributed by atoms with E-state index in [9.17, 15) is 4.79 Å². The molecule has 1 heterocycles. The van der Waals surface area contributed by atoms with Crippen LogP contribution in [0.1, 0.15) is 34.2 Å². The van der Waals surface area contributed by atoms with Crippen LogP contribution < -0.4 is 4.74 Å². The van der Waals surface area contributed by atoms with Crippen molar-refractivity contribution < 1.29 is 14.6 Å². The summed E-state index contributed by atoms with van der Waals surface area (Å²) in [5.74, 6) is -0.287. The first-order valence-electron chi connectivity index (χ1n) is 6.61. The normalized spacial score (nSPS) is 10.7. The van der Waals surface area contributed by atoms with E-state index in [2.05, 4.69) is 21.0 Å². The minimum absolute atomic E-state index is 0.289. The second kappa shape index (κ2) is 6.30. The Labute approximate surface area is 131 Å². The quantitative estimate of drug-likeness (QED) is 0.896. The average Bonchev–Trinajstić information content (AvgIpc) is 2.71. The Morgan fingerprint density at radius 2 is 2.19 bits per heavy atom. The van der Waals surface area contributed by atoms with Gasteiger partial charge >= 0.3 is 5.97 Å². The molecule has 0 saturated carbocycles. The first kappa shape index (κ1) is 15.6. The third-order valence-electron chi connectivity index (χ3n) is 3.31. The summed E-state index contributed by atoms with van der Waals surface area (Å²) < 4.78 is 8.50. The highest BCUT2D eigenvalue weighted by Gasteiger charge is 2.13. The Morgan fingerprint density at radius 3 is 2.71 bits per heavy atom. The molecule has 0 unspecified atom stereocenters. The van der Waals surface area contributed by atoms with E-state index < -0.39 is 5.97 Å². The van der Waals surface area contributed by atoms with Crippen LogP contribution in [0.5, 0.6) is 5.75 Å². The van der Waals surface area contributed by atoms with Crippen LogP contribution in [0.3, 0.4) is 0 Å². The van der Waals surface area contributed by atoms with Crippen molar-refractivity contribution in [1.29, 1.82) is 0 Å². The number of benzene rings is 1. The van der Waals surface area contributed by atoms with Gasteiger partial charge in [-0.15, -0.1) is 0 Å². The van der Waals surface area contributed by atoms with Crippen LogP contribution in [0.25, 0.3) is 0 Å². The van der Waals surface area contributed by atoms with Crippen LogP contribution >= 0.6 is 15.9 Å². The topological polar surface area (TPSA) is 64.4 Å². The largest absolute Gasteiger partial charge is 0.487 e. The van der Waals surface area contributed by atoms with Gasteiger partial charge in [0, 0.05) is 7.05 Å². The lowest BCUT2D eigenvalue weighted by atomic mass is 10.1. The zero-order valence-corrected chi connectivity index (χ0v) is 13.8. The molecular weight excluding hydrogens is 336 g/mol. The van der Waals surface area contributed by atoms with Crippen LogP contribution in [0, 0.1) is 6.92 Å². The summed E-state index contributed by atoms with van der Waals surface area (Å²) in [6.45, 7) is 4.17. The highest BCUT2D eigenvalue weighted by molar-refractivity contribution is 9.10. The Balaban J connectivity index is 2.15. The van der Waals surface area contributed by atoms with Crippen molar-refractivity contribution >= 4 is 21.9 Å². The van der Waals surface area contributed by atoms with Crippen molar-refractivity contribution in [3.8, 4) is 5.75 Å². The van der Waals surface area contributed by atoms with Crippen LogP contribution in [-0.4, -0.2) is 20.9 Å².